The average molecular weight is 199 g/mol. The van der Waals surface area contributed by atoms with Crippen LogP contribution in [-0.4, -0.2) is 20.5 Å². The normalized spacial score (nSPS) is 12.0. The molecule has 1 nitrogen and oxygen atoms in total. The molecule has 0 rings (SSSR count). The van der Waals surface area contributed by atoms with E-state index in [4.69, 9.17) is 0 Å². The summed E-state index contributed by atoms with van der Waals surface area (Å²) in [6.45, 7) is 13.4. The molecule has 15 heavy (non-hydrogen) atoms. The molecule has 0 aliphatic carbocycles. The number of nitrogens with zero attached hydrogens (tertiary/aromatic N) is 1. The second kappa shape index (κ2) is 7.80. The maximum absolute atomic E-state index is 3.91. The van der Waals surface area contributed by atoms with Gasteiger partial charge < -0.3 is 0 Å². The zero-order valence-corrected chi connectivity index (χ0v) is 9.66. The molecule has 0 aromatic rings. The molecular formula is C13H18BN. The van der Waals surface area contributed by atoms with Crippen molar-refractivity contribution in [2.45, 2.75) is 6.82 Å². The molecule has 0 amide bonds. The van der Waals surface area contributed by atoms with Crippen molar-refractivity contribution >= 4 is 13.5 Å². The highest BCUT2D eigenvalue weighted by Gasteiger charge is 1.91. The van der Waals surface area contributed by atoms with Crippen LogP contribution in [0.1, 0.15) is 0 Å². The Labute approximate surface area is 93.6 Å². The molecule has 2 heteroatoms. The van der Waals surface area contributed by atoms with Crippen LogP contribution in [0.15, 0.2) is 65.7 Å². The van der Waals surface area contributed by atoms with Gasteiger partial charge in [0.25, 0.3) is 0 Å². The van der Waals surface area contributed by atoms with Crippen LogP contribution in [-0.2, 0) is 0 Å². The molecule has 0 spiro atoms. The topological polar surface area (TPSA) is 12.4 Å². The highest BCUT2D eigenvalue weighted by molar-refractivity contribution is 6.45. The standard InChI is InChI=1S/C13H18BN/c1-6-11(2)7-8-13(14-4)9-12(3)10-15-5/h6-10,14H,1-3H2,4-5H3/b8-7-,13-9+,15-10-. The van der Waals surface area contributed by atoms with Gasteiger partial charge in [0, 0.05) is 13.3 Å². The van der Waals surface area contributed by atoms with Crippen molar-refractivity contribution in [1.29, 1.82) is 0 Å². The minimum Gasteiger partial charge on any atom is -0.296 e. The number of hydrogen-bond acceptors (Lipinski definition) is 1. The fourth-order valence-electron chi connectivity index (χ4n) is 0.991. The van der Waals surface area contributed by atoms with Crippen LogP contribution in [0.5, 0.6) is 0 Å². The maximum atomic E-state index is 3.91. The van der Waals surface area contributed by atoms with E-state index < -0.39 is 0 Å². The van der Waals surface area contributed by atoms with E-state index in [-0.39, 0.29) is 0 Å². The molecule has 0 aromatic carbocycles. The van der Waals surface area contributed by atoms with E-state index >= 15 is 0 Å². The predicted molar refractivity (Wildman–Crippen MR) is 73.1 cm³/mol. The second-order valence-corrected chi connectivity index (χ2v) is 3.15. The molecule has 0 saturated heterocycles. The van der Waals surface area contributed by atoms with Gasteiger partial charge in [-0.15, -0.1) is 0 Å². The molecule has 0 saturated carbocycles. The zero-order chi connectivity index (χ0) is 11.7. The largest absolute Gasteiger partial charge is 0.296 e. The molecule has 0 aliphatic rings. The molecule has 0 unspecified atom stereocenters. The first-order valence-corrected chi connectivity index (χ1v) is 4.95. The first-order valence-electron chi connectivity index (χ1n) is 4.95. The summed E-state index contributed by atoms with van der Waals surface area (Å²) >= 11 is 0. The van der Waals surface area contributed by atoms with E-state index in [1.54, 1.807) is 19.3 Å². The molecule has 0 atom stereocenters. The van der Waals surface area contributed by atoms with Gasteiger partial charge in [-0.05, 0) is 11.1 Å². The van der Waals surface area contributed by atoms with Crippen LogP contribution in [0.3, 0.4) is 0 Å². The van der Waals surface area contributed by atoms with Gasteiger partial charge in [-0.1, -0.05) is 56.3 Å². The Bertz CT molecular complexity index is 332. The lowest BCUT2D eigenvalue weighted by atomic mass is 9.71. The molecule has 0 bridgehead atoms. The van der Waals surface area contributed by atoms with Crippen molar-refractivity contribution in [2.75, 3.05) is 7.05 Å². The fourth-order valence-corrected chi connectivity index (χ4v) is 0.991. The number of allylic oxidation sites excluding steroid dienone is 7. The summed E-state index contributed by atoms with van der Waals surface area (Å²) in [7, 11) is 2.69. The lowest BCUT2D eigenvalue weighted by Gasteiger charge is -1.96. The summed E-state index contributed by atoms with van der Waals surface area (Å²) in [4.78, 5) is 3.91. The number of rotatable bonds is 6. The van der Waals surface area contributed by atoms with Gasteiger partial charge in [0.2, 0.25) is 0 Å². The SMILES string of the molecule is C=CC(=C)/C=C\C(BC)=C/C(=C)/C=N\C. The van der Waals surface area contributed by atoms with E-state index in [9.17, 15) is 0 Å². The average Bonchev–Trinajstić information content (AvgIpc) is 2.23. The monoisotopic (exact) mass is 199 g/mol. The summed E-state index contributed by atoms with van der Waals surface area (Å²) in [6, 6.07) is 0. The highest BCUT2D eigenvalue weighted by Crippen LogP contribution is 2.03. The second-order valence-electron chi connectivity index (χ2n) is 3.15. The van der Waals surface area contributed by atoms with Gasteiger partial charge in [-0.3, -0.25) is 4.99 Å². The summed E-state index contributed by atoms with van der Waals surface area (Å²) < 4.78 is 0. The quantitative estimate of drug-likeness (QED) is 0.354. The Morgan fingerprint density at radius 3 is 2.33 bits per heavy atom. The summed E-state index contributed by atoms with van der Waals surface area (Å²) in [5.74, 6) is 0. The minimum atomic E-state index is 0.906. The van der Waals surface area contributed by atoms with E-state index in [0.29, 0.717) is 0 Å². The molecule has 0 heterocycles. The van der Waals surface area contributed by atoms with E-state index in [1.165, 1.54) is 5.47 Å². The van der Waals surface area contributed by atoms with Gasteiger partial charge >= 0.3 is 0 Å². The fraction of sp³-hybridized carbons (Fsp3) is 0.154. The first-order chi connectivity index (χ1) is 7.13. The molecule has 78 valence electrons. The highest BCUT2D eigenvalue weighted by atomic mass is 14.6. The van der Waals surface area contributed by atoms with Crippen molar-refractivity contribution in [3.05, 3.63) is 60.7 Å². The van der Waals surface area contributed by atoms with Crippen LogP contribution >= 0.6 is 0 Å². The van der Waals surface area contributed by atoms with Crippen LogP contribution < -0.4 is 0 Å². The summed E-state index contributed by atoms with van der Waals surface area (Å²) in [5, 5.41) is 0. The van der Waals surface area contributed by atoms with Crippen molar-refractivity contribution < 1.29 is 0 Å². The first kappa shape index (κ1) is 13.4. The van der Waals surface area contributed by atoms with E-state index in [0.717, 1.165) is 18.4 Å². The van der Waals surface area contributed by atoms with Crippen molar-refractivity contribution in [2.24, 2.45) is 4.99 Å². The molecule has 0 N–H and O–H groups in total. The third-order valence-electron chi connectivity index (χ3n) is 1.85. The van der Waals surface area contributed by atoms with Gasteiger partial charge in [-0.25, -0.2) is 0 Å². The molecular weight excluding hydrogens is 181 g/mol. The lowest BCUT2D eigenvalue weighted by molar-refractivity contribution is 1.47. The van der Waals surface area contributed by atoms with Gasteiger partial charge in [0.1, 0.15) is 0 Å². The molecule has 0 radical (unpaired) electrons. The summed E-state index contributed by atoms with van der Waals surface area (Å²) in [5.41, 5.74) is 3.01. The lowest BCUT2D eigenvalue weighted by Crippen LogP contribution is -1.89. The Morgan fingerprint density at radius 1 is 1.20 bits per heavy atom. The molecule has 0 aromatic heterocycles. The Balaban J connectivity index is 4.62. The van der Waals surface area contributed by atoms with Crippen molar-refractivity contribution in [1.82, 2.24) is 0 Å². The van der Waals surface area contributed by atoms with Gasteiger partial charge in [-0.2, -0.15) is 0 Å². The van der Waals surface area contributed by atoms with Crippen LogP contribution in [0.2, 0.25) is 6.82 Å². The summed E-state index contributed by atoms with van der Waals surface area (Å²) in [6.07, 6.45) is 9.45. The van der Waals surface area contributed by atoms with Crippen molar-refractivity contribution in [3.8, 4) is 0 Å². The van der Waals surface area contributed by atoms with E-state index in [2.05, 4.69) is 31.6 Å². The molecule has 0 fully saturated rings. The minimum absolute atomic E-state index is 0.906. The van der Waals surface area contributed by atoms with Crippen LogP contribution in [0.4, 0.5) is 0 Å². The third-order valence-corrected chi connectivity index (χ3v) is 1.85. The van der Waals surface area contributed by atoms with E-state index in [1.807, 2.05) is 18.2 Å². The zero-order valence-electron chi connectivity index (χ0n) is 9.66. The Kier molecular flexibility index (Phi) is 6.99. The Hall–Kier alpha value is -1.57. The maximum Gasteiger partial charge on any atom is 0.154 e. The van der Waals surface area contributed by atoms with Crippen molar-refractivity contribution in [3.63, 3.8) is 0 Å². The van der Waals surface area contributed by atoms with Gasteiger partial charge in [0.05, 0.1) is 0 Å². The Morgan fingerprint density at radius 2 is 1.87 bits per heavy atom. The molecule has 0 aliphatic heterocycles. The smallest absolute Gasteiger partial charge is 0.154 e. The van der Waals surface area contributed by atoms with Crippen LogP contribution in [0.25, 0.3) is 0 Å². The van der Waals surface area contributed by atoms with Gasteiger partial charge in [0.15, 0.2) is 7.28 Å². The number of aliphatic imine (C=N–C) groups is 1. The van der Waals surface area contributed by atoms with Crippen LogP contribution in [0, 0.1) is 0 Å². The third kappa shape index (κ3) is 6.50. The predicted octanol–water partition coefficient (Wildman–Crippen LogP) is 2.91. The number of hydrogen-bond donors (Lipinski definition) is 0.